The van der Waals surface area contributed by atoms with E-state index in [9.17, 15) is 0 Å². The molecule has 4 aliphatic rings. The van der Waals surface area contributed by atoms with Gasteiger partial charge in [0.1, 0.15) is 0 Å². The minimum Gasteiger partial charge on any atom is -0.682 e. The molecule has 0 amide bonds. The van der Waals surface area contributed by atoms with Crippen LogP contribution < -0.4 is 103 Å². The Hall–Kier alpha value is 0.452. The van der Waals surface area contributed by atoms with Crippen LogP contribution in [0.5, 0.6) is 0 Å². The molecule has 0 N–H and O–H groups in total. The Balaban J connectivity index is -0.000000660. The van der Waals surface area contributed by atoms with Crippen molar-refractivity contribution in [2.24, 2.45) is 0 Å². The van der Waals surface area contributed by atoms with Gasteiger partial charge in [0.2, 0.25) is 0 Å². The predicted octanol–water partition coefficient (Wildman–Crippen LogP) is 9.22. The number of rotatable bonds is 8. The summed E-state index contributed by atoms with van der Waals surface area (Å²) in [6.07, 6.45) is 10.2. The van der Waals surface area contributed by atoms with Gasteiger partial charge in [-0.15, -0.1) is 46.9 Å². The molecular weight excluding hydrogens is 863 g/mol. The third kappa shape index (κ3) is 48.7. The van der Waals surface area contributed by atoms with E-state index in [0.29, 0.717) is 24.2 Å². The van der Waals surface area contributed by atoms with Gasteiger partial charge in [0.05, 0.1) is 0 Å². The first kappa shape index (κ1) is 67.7. The molecule has 4 aliphatic heterocycles. The maximum Gasteiger partial charge on any atom is 2.00 e. The minimum absolute atomic E-state index is 0. The first-order chi connectivity index (χ1) is 29.2. The molecule has 4 aromatic carbocycles. The van der Waals surface area contributed by atoms with Crippen LogP contribution in [0, 0.1) is 0 Å². The summed E-state index contributed by atoms with van der Waals surface area (Å²) in [7, 11) is 0. The summed E-state index contributed by atoms with van der Waals surface area (Å²) < 4.78 is 19.8. The van der Waals surface area contributed by atoms with Crippen molar-refractivity contribution < 1.29 is 122 Å². The van der Waals surface area contributed by atoms with Crippen molar-refractivity contribution in [1.29, 1.82) is 0 Å². The van der Waals surface area contributed by atoms with Crippen LogP contribution in [-0.2, 0) is 18.9 Å². The van der Waals surface area contributed by atoms with Gasteiger partial charge in [-0.2, -0.15) is 0 Å². The van der Waals surface area contributed by atoms with Gasteiger partial charge in [-0.05, 0) is 51.4 Å². The first-order valence-electron chi connectivity index (χ1n) is 22.5. The maximum absolute atomic E-state index is 4.94. The van der Waals surface area contributed by atoms with Crippen LogP contribution in [0.15, 0.2) is 121 Å². The van der Waals surface area contributed by atoms with Crippen molar-refractivity contribution in [2.45, 2.75) is 131 Å². The number of hydrogen-bond donors (Lipinski definition) is 0. The molecule has 8 nitrogen and oxygen atoms in total. The third-order valence-electron chi connectivity index (χ3n) is 7.96. The second-order valence-corrected chi connectivity index (χ2v) is 15.5. The van der Waals surface area contributed by atoms with Crippen LogP contribution in [0.25, 0.3) is 21.3 Å². The van der Waals surface area contributed by atoms with Crippen LogP contribution in [0.2, 0.25) is 0 Å². The Bertz CT molecular complexity index is 1180. The molecule has 63 heavy (non-hydrogen) atoms. The monoisotopic (exact) mass is 943 g/mol. The Morgan fingerprint density at radius 2 is 0.429 bits per heavy atom. The van der Waals surface area contributed by atoms with Gasteiger partial charge in [-0.25, -0.2) is 0 Å². The molecule has 336 valence electrons. The van der Waals surface area contributed by atoms with Crippen molar-refractivity contribution >= 4 is 60.5 Å². The maximum atomic E-state index is 4.94. The Morgan fingerprint density at radius 1 is 0.286 bits per heavy atom. The molecule has 0 spiro atoms. The summed E-state index contributed by atoms with van der Waals surface area (Å²) in [4.78, 5) is 0. The van der Waals surface area contributed by atoms with Crippen LogP contribution in [0.1, 0.15) is 107 Å². The zero-order chi connectivity index (χ0) is 43.7. The van der Waals surface area contributed by atoms with E-state index in [1.54, 1.807) is 0 Å². The van der Waals surface area contributed by atoms with Gasteiger partial charge in [-0.1, -0.05) is 177 Å². The Kier molecular flexibility index (Phi) is 54.1. The second kappa shape index (κ2) is 50.3. The van der Waals surface area contributed by atoms with E-state index in [1.165, 1.54) is 51.4 Å². The number of para-hydroxylation sites is 4. The summed E-state index contributed by atoms with van der Waals surface area (Å²) in [6, 6.07) is 41.7. The van der Waals surface area contributed by atoms with E-state index < -0.39 is 0 Å². The molecule has 0 radical (unpaired) electrons. The van der Waals surface area contributed by atoms with Crippen molar-refractivity contribution in [3.8, 4) is 0 Å². The number of ether oxygens (including phenoxy) is 4. The molecule has 11 heteroatoms. The SMILES string of the molecule is C1CCOC1.C1CCOC1.C1CCOC1.C1CCOC1.CC(C)[N-]c1ccccc1.CC(C)[N-]c1ccccc1.CC(C)[N-]c1ccccc1.CC(C)[N-]c1ccccc1.[Ca+2].[K+].[K+]. The summed E-state index contributed by atoms with van der Waals surface area (Å²) >= 11 is 0. The summed E-state index contributed by atoms with van der Waals surface area (Å²) in [6.45, 7) is 24.6. The van der Waals surface area contributed by atoms with Gasteiger partial charge in [0, 0.05) is 52.9 Å². The van der Waals surface area contributed by atoms with E-state index in [0.717, 1.165) is 75.6 Å². The fourth-order valence-electron chi connectivity index (χ4n) is 5.29. The molecule has 0 atom stereocenters. The third-order valence-corrected chi connectivity index (χ3v) is 7.96. The van der Waals surface area contributed by atoms with Gasteiger partial charge in [0.25, 0.3) is 0 Å². The van der Waals surface area contributed by atoms with Crippen molar-refractivity contribution in [3.63, 3.8) is 0 Å². The Morgan fingerprint density at radius 3 is 0.524 bits per heavy atom. The van der Waals surface area contributed by atoms with Gasteiger partial charge in [-0.3, -0.25) is 0 Å². The van der Waals surface area contributed by atoms with E-state index >= 15 is 0 Å². The van der Waals surface area contributed by atoms with Crippen molar-refractivity contribution in [3.05, 3.63) is 143 Å². The topological polar surface area (TPSA) is 93.3 Å². The van der Waals surface area contributed by atoms with Gasteiger partial charge < -0.3 is 40.2 Å². The van der Waals surface area contributed by atoms with Crippen molar-refractivity contribution in [2.75, 3.05) is 52.9 Å². The smallest absolute Gasteiger partial charge is 0.682 e. The molecule has 0 aromatic heterocycles. The predicted molar refractivity (Wildman–Crippen MR) is 264 cm³/mol. The molecular formula is C52H80CaK2N4O4. The summed E-state index contributed by atoms with van der Waals surface area (Å²) in [5.74, 6) is 0. The first-order valence-corrected chi connectivity index (χ1v) is 22.5. The standard InChI is InChI=1S/4C9H12N.4C4H8O.Ca.2K/c4*1-8(2)10-9-6-4-3-5-7-9;4*1-2-4-5-3-1;;;/h4*3-8H,1-2H3;4*1-4H2;;;/q4*-1;;;;;+2;2*+1. The van der Waals surface area contributed by atoms with E-state index in [-0.39, 0.29) is 141 Å². The normalized spacial score (nSPS) is 13.9. The van der Waals surface area contributed by atoms with E-state index in [2.05, 4.69) is 76.7 Å². The molecule has 4 fully saturated rings. The van der Waals surface area contributed by atoms with Crippen LogP contribution in [0.3, 0.4) is 0 Å². The zero-order valence-electron chi connectivity index (χ0n) is 41.3. The molecule has 0 aliphatic carbocycles. The summed E-state index contributed by atoms with van der Waals surface area (Å²) in [5.41, 5.74) is 4.27. The van der Waals surface area contributed by atoms with Crippen LogP contribution >= 0.6 is 0 Å². The average Bonchev–Trinajstić information content (AvgIpc) is 4.11. The number of nitrogens with zero attached hydrogens (tertiary/aromatic N) is 4. The van der Waals surface area contributed by atoms with Crippen molar-refractivity contribution in [1.82, 2.24) is 0 Å². The molecule has 0 bridgehead atoms. The quantitative estimate of drug-likeness (QED) is 0.165. The number of benzene rings is 4. The molecule has 0 unspecified atom stereocenters. The molecule has 4 saturated heterocycles. The summed E-state index contributed by atoms with van der Waals surface area (Å²) in [5, 5.41) is 17.4. The minimum atomic E-state index is 0. The molecule has 4 aromatic rings. The van der Waals surface area contributed by atoms with Crippen LogP contribution in [-0.4, -0.2) is 115 Å². The van der Waals surface area contributed by atoms with Gasteiger partial charge >= 0.3 is 141 Å². The average molecular weight is 944 g/mol. The van der Waals surface area contributed by atoms with E-state index in [4.69, 9.17) is 18.9 Å². The fraction of sp³-hybridized carbons (Fsp3) is 0.538. The largest absolute Gasteiger partial charge is 2.00 e. The fourth-order valence-corrected chi connectivity index (χ4v) is 5.29. The second-order valence-electron chi connectivity index (χ2n) is 15.5. The van der Waals surface area contributed by atoms with Crippen LogP contribution in [0.4, 0.5) is 22.7 Å². The zero-order valence-corrected chi connectivity index (χ0v) is 49.8. The number of hydrogen-bond acceptors (Lipinski definition) is 4. The molecule has 4 heterocycles. The molecule has 8 rings (SSSR count). The van der Waals surface area contributed by atoms with Gasteiger partial charge in [0.15, 0.2) is 0 Å². The molecule has 0 saturated carbocycles. The Labute approximate surface area is 500 Å². The van der Waals surface area contributed by atoms with E-state index in [1.807, 2.05) is 121 Å².